The molecule has 0 bridgehead atoms. The highest BCUT2D eigenvalue weighted by Gasteiger charge is 2.54. The van der Waals surface area contributed by atoms with Gasteiger partial charge in [-0.25, -0.2) is 0 Å². The van der Waals surface area contributed by atoms with Gasteiger partial charge in [-0.1, -0.05) is 200 Å². The fourth-order valence-electron chi connectivity index (χ4n) is 11.8. The first-order chi connectivity index (χ1) is 29.1. The van der Waals surface area contributed by atoms with Crippen molar-refractivity contribution < 1.29 is 4.57 Å². The van der Waals surface area contributed by atoms with Gasteiger partial charge in [0.15, 0.2) is 7.14 Å². The zero-order valence-electron chi connectivity index (χ0n) is 32.5. The number of fused-ring (bicyclic) bond motifs is 20. The van der Waals surface area contributed by atoms with Crippen LogP contribution in [0, 0.1) is 6.92 Å². The predicted octanol–water partition coefficient (Wildman–Crippen LogP) is 12.3. The number of hydrogen-bond donors (Lipinski definition) is 0. The molecule has 0 fully saturated rings. The van der Waals surface area contributed by atoms with Crippen LogP contribution in [0.3, 0.4) is 0 Å². The smallest absolute Gasteiger partial charge is 0.171 e. The van der Waals surface area contributed by atoms with Gasteiger partial charge in [0.2, 0.25) is 0 Å². The maximum atomic E-state index is 17.0. The van der Waals surface area contributed by atoms with Crippen LogP contribution < -0.4 is 15.9 Å². The quantitative estimate of drug-likeness (QED) is 0.164. The van der Waals surface area contributed by atoms with Gasteiger partial charge in [0, 0.05) is 15.9 Å². The molecule has 0 saturated heterocycles. The van der Waals surface area contributed by atoms with Crippen molar-refractivity contribution in [1.82, 2.24) is 0 Å². The van der Waals surface area contributed by atoms with Crippen molar-refractivity contribution in [2.75, 3.05) is 0 Å². The van der Waals surface area contributed by atoms with Crippen LogP contribution in [-0.2, 0) is 15.4 Å². The molecule has 4 aliphatic carbocycles. The van der Waals surface area contributed by atoms with Gasteiger partial charge in [0.1, 0.15) is 0 Å². The number of benzene rings is 9. The highest BCUT2D eigenvalue weighted by atomic mass is 31.2. The Morgan fingerprint density at radius 3 is 1.00 bits per heavy atom. The fourth-order valence-corrected chi connectivity index (χ4v) is 14.5. The highest BCUT2D eigenvalue weighted by molar-refractivity contribution is 7.85. The Hall–Kier alpha value is -6.79. The van der Waals surface area contributed by atoms with Crippen molar-refractivity contribution in [3.63, 3.8) is 0 Å². The lowest BCUT2D eigenvalue weighted by Crippen LogP contribution is -2.31. The number of hydrogen-bond acceptors (Lipinski definition) is 1. The molecule has 2 unspecified atom stereocenters. The standard InChI is InChI=1S/C57H37OP/c1-36-27-30-45-42-19-8-13-25-51(42)57(53(45)33-36)52-26-14-9-21-44(52)47-32-29-39(35-55(47)57)59(58,37-15-3-2-4-16-37)38-28-31-46-43-20-7-12-24-50(43)56(54(46)34-38)48-22-10-5-17-40(48)41-18-6-11-23-49(41)56/h2-35H,1H3. The molecule has 9 aromatic rings. The second-order valence-corrected chi connectivity index (χ2v) is 19.4. The molecule has 9 aromatic carbocycles. The van der Waals surface area contributed by atoms with Crippen LogP contribution in [0.4, 0.5) is 0 Å². The molecule has 0 N–H and O–H groups in total. The topological polar surface area (TPSA) is 17.1 Å². The van der Waals surface area contributed by atoms with E-state index in [2.05, 4.69) is 195 Å². The summed E-state index contributed by atoms with van der Waals surface area (Å²) in [5.74, 6) is 0. The van der Waals surface area contributed by atoms with Gasteiger partial charge in [-0.05, 0) is 108 Å². The summed E-state index contributed by atoms with van der Waals surface area (Å²) in [5.41, 5.74) is 20.2. The van der Waals surface area contributed by atoms with Gasteiger partial charge >= 0.3 is 0 Å². The molecule has 276 valence electrons. The second kappa shape index (κ2) is 11.7. The monoisotopic (exact) mass is 768 g/mol. The molecule has 13 rings (SSSR count). The van der Waals surface area contributed by atoms with E-state index in [1.165, 1.54) is 94.6 Å². The van der Waals surface area contributed by atoms with E-state index < -0.39 is 18.0 Å². The van der Waals surface area contributed by atoms with E-state index in [4.69, 9.17) is 0 Å². The Bertz CT molecular complexity index is 3260. The van der Waals surface area contributed by atoms with Gasteiger partial charge < -0.3 is 4.57 Å². The van der Waals surface area contributed by atoms with Gasteiger partial charge in [0.05, 0.1) is 10.8 Å². The Morgan fingerprint density at radius 2 is 0.593 bits per heavy atom. The summed E-state index contributed by atoms with van der Waals surface area (Å²) >= 11 is 0. The largest absolute Gasteiger partial charge is 0.309 e. The molecular formula is C57H37OP. The van der Waals surface area contributed by atoms with Crippen LogP contribution >= 0.6 is 7.14 Å². The first kappa shape index (κ1) is 33.2. The van der Waals surface area contributed by atoms with Crippen LogP contribution in [0.1, 0.15) is 50.1 Å². The van der Waals surface area contributed by atoms with Crippen LogP contribution in [0.2, 0.25) is 0 Å². The average Bonchev–Trinajstić information content (AvgIpc) is 3.97. The summed E-state index contributed by atoms with van der Waals surface area (Å²) in [4.78, 5) is 0. The van der Waals surface area contributed by atoms with E-state index in [0.717, 1.165) is 15.9 Å². The molecule has 0 aliphatic heterocycles. The summed E-state index contributed by atoms with van der Waals surface area (Å²) < 4.78 is 17.0. The van der Waals surface area contributed by atoms with E-state index in [-0.39, 0.29) is 0 Å². The van der Waals surface area contributed by atoms with E-state index in [0.29, 0.717) is 0 Å². The third-order valence-electron chi connectivity index (χ3n) is 14.1. The van der Waals surface area contributed by atoms with Gasteiger partial charge in [-0.3, -0.25) is 0 Å². The summed E-state index contributed by atoms with van der Waals surface area (Å²) in [6, 6.07) is 75.2. The summed E-state index contributed by atoms with van der Waals surface area (Å²) in [7, 11) is -3.49. The van der Waals surface area contributed by atoms with Gasteiger partial charge in [-0.15, -0.1) is 0 Å². The maximum absolute atomic E-state index is 17.0. The summed E-state index contributed by atoms with van der Waals surface area (Å²) in [5, 5.41) is 2.54. The molecule has 2 atom stereocenters. The Labute approximate surface area is 344 Å². The Balaban J connectivity index is 1.10. The van der Waals surface area contributed by atoms with Crippen LogP contribution in [0.25, 0.3) is 44.5 Å². The molecule has 0 radical (unpaired) electrons. The van der Waals surface area contributed by atoms with Crippen molar-refractivity contribution in [2.45, 2.75) is 17.8 Å². The molecule has 0 amide bonds. The fraction of sp³-hybridized carbons (Fsp3) is 0.0526. The number of rotatable bonds is 3. The minimum Gasteiger partial charge on any atom is -0.309 e. The minimum absolute atomic E-state index is 0.532. The van der Waals surface area contributed by atoms with Crippen molar-refractivity contribution in [2.24, 2.45) is 0 Å². The van der Waals surface area contributed by atoms with Crippen LogP contribution in [-0.4, -0.2) is 0 Å². The van der Waals surface area contributed by atoms with Crippen molar-refractivity contribution in [1.29, 1.82) is 0 Å². The lowest BCUT2D eigenvalue weighted by atomic mass is 9.70. The van der Waals surface area contributed by atoms with E-state index in [1.54, 1.807) is 0 Å². The molecular weight excluding hydrogens is 732 g/mol. The van der Waals surface area contributed by atoms with E-state index >= 15 is 4.57 Å². The molecule has 0 saturated carbocycles. The summed E-state index contributed by atoms with van der Waals surface area (Å²) in [6.45, 7) is 2.19. The molecule has 59 heavy (non-hydrogen) atoms. The van der Waals surface area contributed by atoms with Crippen LogP contribution in [0.15, 0.2) is 206 Å². The van der Waals surface area contributed by atoms with Crippen molar-refractivity contribution >= 4 is 23.1 Å². The van der Waals surface area contributed by atoms with Crippen LogP contribution in [0.5, 0.6) is 0 Å². The van der Waals surface area contributed by atoms with E-state index in [1.807, 2.05) is 18.2 Å². The van der Waals surface area contributed by atoms with Gasteiger partial charge in [-0.2, -0.15) is 0 Å². The third kappa shape index (κ3) is 3.95. The van der Waals surface area contributed by atoms with E-state index in [9.17, 15) is 0 Å². The van der Waals surface area contributed by atoms with Crippen molar-refractivity contribution in [3.05, 3.63) is 256 Å². The first-order valence-corrected chi connectivity index (χ1v) is 22.3. The third-order valence-corrected chi connectivity index (χ3v) is 17.1. The Kier molecular flexibility index (Phi) is 6.56. The van der Waals surface area contributed by atoms with Gasteiger partial charge in [0.25, 0.3) is 0 Å². The lowest BCUT2D eigenvalue weighted by Gasteiger charge is -2.32. The zero-order chi connectivity index (χ0) is 39.1. The van der Waals surface area contributed by atoms with Crippen molar-refractivity contribution in [3.8, 4) is 44.5 Å². The normalized spacial score (nSPS) is 17.3. The SMILES string of the molecule is Cc1ccc2c(c1)C1(c3ccccc3-2)c2ccccc2-c2ccc(P(=O)(c3ccccc3)c3ccc4c(c3)C3(c5ccccc5-c5ccccc53)c3ccccc3-4)cc21. The first-order valence-electron chi connectivity index (χ1n) is 20.6. The number of aryl methyl sites for hydroxylation is 1. The molecule has 4 aliphatic rings. The molecule has 1 nitrogen and oxygen atoms in total. The predicted molar refractivity (Wildman–Crippen MR) is 243 cm³/mol. The molecule has 2 heteroatoms. The Morgan fingerprint density at radius 1 is 0.288 bits per heavy atom. The average molecular weight is 769 g/mol. The zero-order valence-corrected chi connectivity index (χ0v) is 33.4. The highest BCUT2D eigenvalue weighted by Crippen LogP contribution is 2.65. The second-order valence-electron chi connectivity index (χ2n) is 16.7. The minimum atomic E-state index is -3.49. The molecule has 0 heterocycles. The molecule has 2 spiro atoms. The maximum Gasteiger partial charge on any atom is 0.171 e. The lowest BCUT2D eigenvalue weighted by molar-refractivity contribution is 0.592. The summed E-state index contributed by atoms with van der Waals surface area (Å²) in [6.07, 6.45) is 0. The molecule has 0 aromatic heterocycles.